The van der Waals surface area contributed by atoms with Crippen LogP contribution in [0.5, 0.6) is 0 Å². The van der Waals surface area contributed by atoms with Crippen molar-refractivity contribution in [3.8, 4) is 0 Å². The zero-order valence-electron chi connectivity index (χ0n) is 11.6. The molecule has 0 bridgehead atoms. The number of carbonyl (C=O) groups is 1. The number of fused-ring (bicyclic) bond motifs is 1. The van der Waals surface area contributed by atoms with Crippen molar-refractivity contribution in [3.05, 3.63) is 21.4 Å². The third-order valence-electron chi connectivity index (χ3n) is 4.30. The van der Waals surface area contributed by atoms with Crippen molar-refractivity contribution in [1.29, 1.82) is 0 Å². The number of thiocarbonyl (C=S) groups is 1. The molecule has 20 heavy (non-hydrogen) atoms. The molecule has 1 fully saturated rings. The Hall–Kier alpha value is -0.940. The fourth-order valence-corrected chi connectivity index (χ4v) is 4.67. The lowest BCUT2D eigenvalue weighted by Gasteiger charge is -2.23. The minimum Gasteiger partial charge on any atom is -0.392 e. The summed E-state index contributed by atoms with van der Waals surface area (Å²) in [6.45, 7) is 0.781. The lowest BCUT2D eigenvalue weighted by Crippen LogP contribution is -2.42. The number of rotatable bonds is 2. The van der Waals surface area contributed by atoms with E-state index in [1.807, 2.05) is 4.90 Å². The van der Waals surface area contributed by atoms with Gasteiger partial charge in [-0.1, -0.05) is 18.6 Å². The van der Waals surface area contributed by atoms with Gasteiger partial charge in [-0.3, -0.25) is 4.79 Å². The van der Waals surface area contributed by atoms with E-state index in [4.69, 9.17) is 18.0 Å². The summed E-state index contributed by atoms with van der Waals surface area (Å²) >= 11 is 6.78. The summed E-state index contributed by atoms with van der Waals surface area (Å²) < 4.78 is 0. The lowest BCUT2D eigenvalue weighted by molar-refractivity contribution is 0.0775. The van der Waals surface area contributed by atoms with Crippen molar-refractivity contribution < 1.29 is 4.79 Å². The van der Waals surface area contributed by atoms with E-state index in [-0.39, 0.29) is 11.9 Å². The molecular weight excluding hydrogens is 288 g/mol. The first-order valence-corrected chi connectivity index (χ1v) is 8.61. The quantitative estimate of drug-likeness (QED) is 0.675. The van der Waals surface area contributed by atoms with E-state index in [1.165, 1.54) is 29.7 Å². The third-order valence-corrected chi connectivity index (χ3v) is 5.80. The van der Waals surface area contributed by atoms with E-state index in [9.17, 15) is 4.79 Å². The van der Waals surface area contributed by atoms with Gasteiger partial charge in [0, 0.05) is 11.4 Å². The van der Waals surface area contributed by atoms with Crippen molar-refractivity contribution in [3.63, 3.8) is 0 Å². The normalized spacial score (nSPS) is 22.4. The van der Waals surface area contributed by atoms with Crippen LogP contribution < -0.4 is 5.73 Å². The highest BCUT2D eigenvalue weighted by Crippen LogP contribution is 2.31. The van der Waals surface area contributed by atoms with Crippen LogP contribution in [0.3, 0.4) is 0 Å². The second kappa shape index (κ2) is 5.82. The monoisotopic (exact) mass is 308 g/mol. The molecule has 3 nitrogen and oxygen atoms in total. The molecule has 2 N–H and O–H groups in total. The van der Waals surface area contributed by atoms with Gasteiger partial charge < -0.3 is 10.6 Å². The molecule has 0 saturated carbocycles. The van der Waals surface area contributed by atoms with Crippen LogP contribution in [0.15, 0.2) is 6.07 Å². The molecule has 2 aliphatic rings. The summed E-state index contributed by atoms with van der Waals surface area (Å²) in [7, 11) is 0. The van der Waals surface area contributed by atoms with Gasteiger partial charge in [0.2, 0.25) is 0 Å². The molecule has 1 amide bonds. The largest absolute Gasteiger partial charge is 0.392 e. The molecule has 1 unspecified atom stereocenters. The number of amides is 1. The molecule has 0 spiro atoms. The Balaban J connectivity index is 1.82. The highest BCUT2D eigenvalue weighted by Gasteiger charge is 2.32. The highest BCUT2D eigenvalue weighted by atomic mass is 32.1. The molecule has 1 aromatic heterocycles. The fraction of sp³-hybridized carbons (Fsp3) is 0.600. The van der Waals surface area contributed by atoms with Crippen LogP contribution in [0.25, 0.3) is 0 Å². The molecule has 1 atom stereocenters. The summed E-state index contributed by atoms with van der Waals surface area (Å²) in [5.41, 5.74) is 7.15. The average Bonchev–Trinajstić information content (AvgIpc) is 3.01. The minimum atomic E-state index is -0.0422. The van der Waals surface area contributed by atoms with Crippen LogP contribution in [-0.4, -0.2) is 28.4 Å². The lowest BCUT2D eigenvalue weighted by atomic mass is 10.1. The van der Waals surface area contributed by atoms with Crippen LogP contribution in [-0.2, 0) is 12.8 Å². The van der Waals surface area contributed by atoms with Crippen molar-refractivity contribution >= 4 is 34.5 Å². The first kappa shape index (κ1) is 14.0. The molecule has 0 radical (unpaired) electrons. The predicted octanol–water partition coefficient (Wildman–Crippen LogP) is 2.91. The molecule has 0 aromatic carbocycles. The predicted molar refractivity (Wildman–Crippen MR) is 86.4 cm³/mol. The van der Waals surface area contributed by atoms with Gasteiger partial charge in [-0.15, -0.1) is 11.3 Å². The van der Waals surface area contributed by atoms with E-state index >= 15 is 0 Å². The number of carbonyl (C=O) groups excluding carboxylic acids is 1. The molecule has 1 aromatic rings. The topological polar surface area (TPSA) is 46.3 Å². The smallest absolute Gasteiger partial charge is 0.264 e. The summed E-state index contributed by atoms with van der Waals surface area (Å²) in [4.78, 5) is 17.3. The van der Waals surface area contributed by atoms with Gasteiger partial charge in [0.15, 0.2) is 0 Å². The van der Waals surface area contributed by atoms with Crippen LogP contribution in [0, 0.1) is 0 Å². The molecule has 5 heteroatoms. The first-order valence-electron chi connectivity index (χ1n) is 7.38. The summed E-state index contributed by atoms with van der Waals surface area (Å²) in [5, 5.41) is 0. The molecule has 1 saturated heterocycles. The standard InChI is InChI=1S/C15H20N2OS2/c16-14(19)11-6-4-8-17(11)15(18)13-9-10-5-2-1-3-7-12(10)20-13/h9,11H,1-8H2,(H2,16,19). The molecule has 108 valence electrons. The second-order valence-electron chi connectivity index (χ2n) is 5.68. The minimum absolute atomic E-state index is 0.0422. The maximum absolute atomic E-state index is 12.7. The Morgan fingerprint density at radius 2 is 2.10 bits per heavy atom. The SMILES string of the molecule is NC(=S)C1CCCN1C(=O)c1cc2c(s1)CCCCC2. The number of nitrogens with two attached hydrogens (primary N) is 1. The van der Waals surface area contributed by atoms with E-state index in [2.05, 4.69) is 6.07 Å². The maximum Gasteiger partial charge on any atom is 0.264 e. The van der Waals surface area contributed by atoms with Crippen molar-refractivity contribution in [2.24, 2.45) is 5.73 Å². The Bertz CT molecular complexity index is 514. The van der Waals surface area contributed by atoms with E-state index in [1.54, 1.807) is 11.3 Å². The first-order chi connectivity index (χ1) is 9.66. The van der Waals surface area contributed by atoms with Crippen LogP contribution in [0.2, 0.25) is 0 Å². The number of hydrogen-bond acceptors (Lipinski definition) is 3. The Morgan fingerprint density at radius 1 is 1.30 bits per heavy atom. The van der Waals surface area contributed by atoms with Gasteiger partial charge in [-0.2, -0.15) is 0 Å². The van der Waals surface area contributed by atoms with E-state index in [0.29, 0.717) is 4.99 Å². The molecule has 3 rings (SSSR count). The summed E-state index contributed by atoms with van der Waals surface area (Å²) in [5.74, 6) is 0.123. The van der Waals surface area contributed by atoms with Crippen molar-refractivity contribution in [2.75, 3.05) is 6.54 Å². The Labute approximate surface area is 129 Å². The molecule has 2 heterocycles. The van der Waals surface area contributed by atoms with Gasteiger partial charge >= 0.3 is 0 Å². The fourth-order valence-electron chi connectivity index (χ4n) is 3.22. The Morgan fingerprint density at radius 3 is 2.90 bits per heavy atom. The molecular formula is C15H20N2OS2. The van der Waals surface area contributed by atoms with E-state index in [0.717, 1.165) is 37.1 Å². The molecule has 1 aliphatic carbocycles. The Kier molecular flexibility index (Phi) is 4.08. The summed E-state index contributed by atoms with van der Waals surface area (Å²) in [6.07, 6.45) is 7.96. The van der Waals surface area contributed by atoms with Crippen LogP contribution >= 0.6 is 23.6 Å². The zero-order chi connectivity index (χ0) is 14.1. The van der Waals surface area contributed by atoms with Gasteiger partial charge in [0.1, 0.15) is 0 Å². The maximum atomic E-state index is 12.7. The van der Waals surface area contributed by atoms with Crippen LogP contribution in [0.4, 0.5) is 0 Å². The average molecular weight is 308 g/mol. The second-order valence-corrected chi connectivity index (χ2v) is 7.29. The zero-order valence-corrected chi connectivity index (χ0v) is 13.2. The van der Waals surface area contributed by atoms with Gasteiger partial charge in [-0.05, 0) is 50.2 Å². The van der Waals surface area contributed by atoms with Gasteiger partial charge in [-0.25, -0.2) is 0 Å². The number of thiophene rings is 1. The number of aryl methyl sites for hydroxylation is 2. The van der Waals surface area contributed by atoms with Gasteiger partial charge in [0.25, 0.3) is 5.91 Å². The summed E-state index contributed by atoms with van der Waals surface area (Å²) in [6, 6.07) is 2.07. The number of hydrogen-bond donors (Lipinski definition) is 1. The van der Waals surface area contributed by atoms with Crippen molar-refractivity contribution in [1.82, 2.24) is 4.90 Å². The van der Waals surface area contributed by atoms with Crippen LogP contribution in [0.1, 0.15) is 52.2 Å². The number of likely N-dealkylation sites (tertiary alicyclic amines) is 1. The number of nitrogens with zero attached hydrogens (tertiary/aromatic N) is 1. The third kappa shape index (κ3) is 2.61. The molecule has 1 aliphatic heterocycles. The highest BCUT2D eigenvalue weighted by molar-refractivity contribution is 7.80. The van der Waals surface area contributed by atoms with Crippen molar-refractivity contribution in [2.45, 2.75) is 51.0 Å². The van der Waals surface area contributed by atoms with E-state index < -0.39 is 0 Å². The van der Waals surface area contributed by atoms with Gasteiger partial charge in [0.05, 0.1) is 15.9 Å².